The van der Waals surface area contributed by atoms with E-state index in [-0.39, 0.29) is 17.9 Å². The number of rotatable bonds is 3. The molecule has 104 valence electrons. The zero-order valence-electron chi connectivity index (χ0n) is 12.1. The number of carbonyl (C=O) groups is 1. The van der Waals surface area contributed by atoms with Crippen LogP contribution in [-0.4, -0.2) is 18.5 Å². The third kappa shape index (κ3) is 3.16. The van der Waals surface area contributed by atoms with Gasteiger partial charge in [0.25, 0.3) is 0 Å². The molecule has 1 aliphatic heterocycles. The second-order valence-corrected chi connectivity index (χ2v) is 5.89. The van der Waals surface area contributed by atoms with Crippen LogP contribution in [0, 0.1) is 5.92 Å². The third-order valence-electron chi connectivity index (χ3n) is 3.58. The first-order chi connectivity index (χ1) is 8.99. The molecule has 2 rings (SSSR count). The molecule has 1 heterocycles. The summed E-state index contributed by atoms with van der Waals surface area (Å²) in [6.45, 7) is 6.78. The van der Waals surface area contributed by atoms with Crippen molar-refractivity contribution in [3.8, 4) is 0 Å². The first-order valence-electron chi connectivity index (χ1n) is 7.18. The first kappa shape index (κ1) is 14.1. The van der Waals surface area contributed by atoms with Crippen LogP contribution in [0.2, 0.25) is 0 Å². The van der Waals surface area contributed by atoms with E-state index in [9.17, 15) is 4.79 Å². The second-order valence-electron chi connectivity index (χ2n) is 5.89. The number of benzene rings is 1. The molecule has 19 heavy (non-hydrogen) atoms. The maximum atomic E-state index is 12.2. The highest BCUT2D eigenvalue weighted by Gasteiger charge is 2.24. The number of hydrogen-bond acceptors (Lipinski definition) is 2. The lowest BCUT2D eigenvalue weighted by Crippen LogP contribution is -2.38. The Morgan fingerprint density at radius 1 is 1.37 bits per heavy atom. The summed E-state index contributed by atoms with van der Waals surface area (Å²) in [5.74, 6) is 0.274. The topological polar surface area (TPSA) is 46.3 Å². The number of hydrogen-bond donors (Lipinski definition) is 1. The average Bonchev–Trinajstić information content (AvgIpc) is 2.36. The van der Waals surface area contributed by atoms with Crippen LogP contribution >= 0.6 is 0 Å². The van der Waals surface area contributed by atoms with Crippen LogP contribution in [0.15, 0.2) is 18.2 Å². The van der Waals surface area contributed by atoms with Gasteiger partial charge in [-0.3, -0.25) is 4.79 Å². The summed E-state index contributed by atoms with van der Waals surface area (Å²) >= 11 is 0. The largest absolute Gasteiger partial charge is 0.328 e. The van der Waals surface area contributed by atoms with Gasteiger partial charge in [-0.1, -0.05) is 26.0 Å². The fourth-order valence-electron chi connectivity index (χ4n) is 2.69. The van der Waals surface area contributed by atoms with Gasteiger partial charge in [0.05, 0.1) is 0 Å². The Morgan fingerprint density at radius 2 is 2.11 bits per heavy atom. The van der Waals surface area contributed by atoms with Crippen LogP contribution in [0.5, 0.6) is 0 Å². The molecule has 1 aromatic carbocycles. The predicted octanol–water partition coefficient (Wildman–Crippen LogP) is 2.51. The van der Waals surface area contributed by atoms with E-state index in [1.54, 1.807) is 0 Å². The van der Waals surface area contributed by atoms with E-state index in [4.69, 9.17) is 5.73 Å². The van der Waals surface area contributed by atoms with E-state index in [1.165, 1.54) is 11.1 Å². The lowest BCUT2D eigenvalue weighted by molar-refractivity contribution is -0.121. The molecule has 1 unspecified atom stereocenters. The molecular formula is C16H24N2O. The van der Waals surface area contributed by atoms with Crippen molar-refractivity contribution in [2.75, 3.05) is 11.4 Å². The number of nitrogens with two attached hydrogens (primary N) is 1. The van der Waals surface area contributed by atoms with E-state index in [0.717, 1.165) is 31.5 Å². The molecule has 2 N–H and O–H groups in total. The molecule has 1 aliphatic rings. The predicted molar refractivity (Wildman–Crippen MR) is 79.3 cm³/mol. The molecule has 1 aromatic rings. The monoisotopic (exact) mass is 260 g/mol. The zero-order chi connectivity index (χ0) is 14.0. The van der Waals surface area contributed by atoms with Crippen LogP contribution in [0.4, 0.5) is 5.69 Å². The van der Waals surface area contributed by atoms with E-state index >= 15 is 0 Å². The maximum absolute atomic E-state index is 12.2. The Hall–Kier alpha value is -1.35. The number of anilines is 1. The maximum Gasteiger partial charge on any atom is 0.229 e. The van der Waals surface area contributed by atoms with Gasteiger partial charge in [-0.2, -0.15) is 0 Å². The summed E-state index contributed by atoms with van der Waals surface area (Å²) in [5, 5.41) is 0. The molecule has 0 fully saturated rings. The van der Waals surface area contributed by atoms with Crippen molar-refractivity contribution < 1.29 is 4.79 Å². The molecule has 0 saturated heterocycles. The van der Waals surface area contributed by atoms with Crippen LogP contribution in [0.3, 0.4) is 0 Å². The van der Waals surface area contributed by atoms with Crippen molar-refractivity contribution in [3.05, 3.63) is 29.3 Å². The fraction of sp³-hybridized carbons (Fsp3) is 0.562. The van der Waals surface area contributed by atoms with Crippen molar-refractivity contribution in [1.82, 2.24) is 0 Å². The second kappa shape index (κ2) is 5.74. The van der Waals surface area contributed by atoms with Crippen LogP contribution in [-0.2, 0) is 17.6 Å². The van der Waals surface area contributed by atoms with Gasteiger partial charge in [0.1, 0.15) is 0 Å². The standard InChI is InChI=1S/C16H24N2O/c1-11(2)16(19)18-8-4-5-14-10-13(9-12(3)17)6-7-15(14)18/h6-7,10-12H,4-5,8-9,17H2,1-3H3. The summed E-state index contributed by atoms with van der Waals surface area (Å²) in [5.41, 5.74) is 9.51. The van der Waals surface area contributed by atoms with Crippen molar-refractivity contribution in [2.45, 2.75) is 46.1 Å². The highest BCUT2D eigenvalue weighted by molar-refractivity contribution is 5.95. The van der Waals surface area contributed by atoms with Gasteiger partial charge in [0.2, 0.25) is 5.91 Å². The average molecular weight is 260 g/mol. The highest BCUT2D eigenvalue weighted by Crippen LogP contribution is 2.29. The molecule has 0 spiro atoms. The van der Waals surface area contributed by atoms with Gasteiger partial charge in [-0.25, -0.2) is 0 Å². The summed E-state index contributed by atoms with van der Waals surface area (Å²) in [6.07, 6.45) is 3.00. The summed E-state index contributed by atoms with van der Waals surface area (Å²) in [7, 11) is 0. The van der Waals surface area contributed by atoms with Crippen molar-refractivity contribution in [2.24, 2.45) is 11.7 Å². The van der Waals surface area contributed by atoms with Gasteiger partial charge >= 0.3 is 0 Å². The molecule has 0 radical (unpaired) electrons. The SMILES string of the molecule is CC(N)Cc1ccc2c(c1)CCCN2C(=O)C(C)C. The number of carbonyl (C=O) groups excluding carboxylic acids is 1. The minimum Gasteiger partial charge on any atom is -0.328 e. The highest BCUT2D eigenvalue weighted by atomic mass is 16.2. The Kier molecular flexibility index (Phi) is 4.25. The van der Waals surface area contributed by atoms with Crippen molar-refractivity contribution >= 4 is 11.6 Å². The smallest absolute Gasteiger partial charge is 0.229 e. The zero-order valence-corrected chi connectivity index (χ0v) is 12.1. The molecular weight excluding hydrogens is 236 g/mol. The number of fused-ring (bicyclic) bond motifs is 1. The molecule has 0 aliphatic carbocycles. The Labute approximate surface area is 115 Å². The Bertz CT molecular complexity index is 466. The molecule has 0 bridgehead atoms. The normalized spacial score (nSPS) is 16.4. The molecule has 3 nitrogen and oxygen atoms in total. The fourth-order valence-corrected chi connectivity index (χ4v) is 2.69. The van der Waals surface area contributed by atoms with Gasteiger partial charge in [-0.15, -0.1) is 0 Å². The lowest BCUT2D eigenvalue weighted by atomic mass is 9.96. The van der Waals surface area contributed by atoms with Crippen LogP contribution in [0.25, 0.3) is 0 Å². The molecule has 3 heteroatoms. The van der Waals surface area contributed by atoms with Crippen molar-refractivity contribution in [3.63, 3.8) is 0 Å². The van der Waals surface area contributed by atoms with E-state index in [1.807, 2.05) is 25.7 Å². The molecule has 1 atom stereocenters. The minimum absolute atomic E-state index is 0.0506. The van der Waals surface area contributed by atoms with E-state index in [0.29, 0.717) is 0 Å². The van der Waals surface area contributed by atoms with Gasteiger partial charge in [-0.05, 0) is 43.4 Å². The van der Waals surface area contributed by atoms with Gasteiger partial charge in [0.15, 0.2) is 0 Å². The Morgan fingerprint density at radius 3 is 2.74 bits per heavy atom. The minimum atomic E-state index is 0.0506. The summed E-state index contributed by atoms with van der Waals surface area (Å²) in [6, 6.07) is 6.59. The molecule has 1 amide bonds. The van der Waals surface area contributed by atoms with Gasteiger partial charge in [0, 0.05) is 24.2 Å². The first-order valence-corrected chi connectivity index (χ1v) is 7.18. The van der Waals surface area contributed by atoms with E-state index in [2.05, 4.69) is 18.2 Å². The third-order valence-corrected chi connectivity index (χ3v) is 3.58. The van der Waals surface area contributed by atoms with Gasteiger partial charge < -0.3 is 10.6 Å². The quantitative estimate of drug-likeness (QED) is 0.907. The van der Waals surface area contributed by atoms with Crippen molar-refractivity contribution in [1.29, 1.82) is 0 Å². The van der Waals surface area contributed by atoms with Crippen LogP contribution < -0.4 is 10.6 Å². The number of aryl methyl sites for hydroxylation is 1. The number of nitrogens with zero attached hydrogens (tertiary/aromatic N) is 1. The Balaban J connectivity index is 2.28. The van der Waals surface area contributed by atoms with E-state index < -0.39 is 0 Å². The lowest BCUT2D eigenvalue weighted by Gasteiger charge is -2.31. The number of amides is 1. The van der Waals surface area contributed by atoms with Crippen LogP contribution in [0.1, 0.15) is 38.3 Å². The molecule has 0 aromatic heterocycles. The summed E-state index contributed by atoms with van der Waals surface area (Å²) < 4.78 is 0. The molecule has 0 saturated carbocycles. The summed E-state index contributed by atoms with van der Waals surface area (Å²) in [4.78, 5) is 14.2.